The first-order valence-electron chi connectivity index (χ1n) is 10.3. The van der Waals surface area contributed by atoms with Gasteiger partial charge in [-0.25, -0.2) is 22.7 Å². The molecule has 0 bridgehead atoms. The molecule has 0 amide bonds. The highest BCUT2D eigenvalue weighted by Crippen LogP contribution is 2.37. The van der Waals surface area contributed by atoms with Crippen LogP contribution < -0.4 is 19.7 Å². The summed E-state index contributed by atoms with van der Waals surface area (Å²) in [6.07, 6.45) is 0.644. The van der Waals surface area contributed by atoms with Gasteiger partial charge in [0.25, 0.3) is 6.43 Å². The highest BCUT2D eigenvalue weighted by Gasteiger charge is 2.36. The van der Waals surface area contributed by atoms with Gasteiger partial charge in [0.15, 0.2) is 23.5 Å². The molecule has 3 aromatic rings. The molecule has 33 heavy (non-hydrogen) atoms. The number of alkyl halides is 2. The van der Waals surface area contributed by atoms with Crippen molar-refractivity contribution in [3.63, 3.8) is 0 Å². The minimum absolute atomic E-state index is 0.105. The average Bonchev–Trinajstić information content (AvgIpc) is 3.19. The zero-order valence-corrected chi connectivity index (χ0v) is 18.4. The smallest absolute Gasteiger partial charge is 0.261 e. The fourth-order valence-corrected chi connectivity index (χ4v) is 3.44. The number of nitrogens with zero attached hydrogens (tertiary/aromatic N) is 4. The van der Waals surface area contributed by atoms with E-state index in [1.807, 2.05) is 13.8 Å². The number of rotatable bonds is 8. The minimum atomic E-state index is -2.76. The summed E-state index contributed by atoms with van der Waals surface area (Å²) >= 11 is 0. The Hall–Kier alpha value is -3.34. The Balaban J connectivity index is 1.75. The predicted octanol–water partition coefficient (Wildman–Crippen LogP) is 3.09. The molecule has 0 radical (unpaired) electrons. The zero-order chi connectivity index (χ0) is 23.8. The molecule has 2 aromatic heterocycles. The van der Waals surface area contributed by atoms with Gasteiger partial charge in [0, 0.05) is 17.6 Å². The van der Waals surface area contributed by atoms with Crippen LogP contribution in [-0.4, -0.2) is 59.2 Å². The zero-order valence-electron chi connectivity index (χ0n) is 18.4. The normalized spacial score (nSPS) is 16.1. The first-order valence-corrected chi connectivity index (χ1v) is 10.3. The van der Waals surface area contributed by atoms with Gasteiger partial charge in [-0.3, -0.25) is 4.79 Å². The van der Waals surface area contributed by atoms with Crippen LogP contribution >= 0.6 is 0 Å². The van der Waals surface area contributed by atoms with Crippen LogP contribution in [0.3, 0.4) is 0 Å². The van der Waals surface area contributed by atoms with Crippen LogP contribution in [0.25, 0.3) is 5.65 Å². The van der Waals surface area contributed by atoms with E-state index in [1.54, 1.807) is 7.05 Å². The topological polar surface area (TPSA) is 81.0 Å². The van der Waals surface area contributed by atoms with Crippen LogP contribution in [0.5, 0.6) is 11.5 Å². The maximum atomic E-state index is 14.1. The van der Waals surface area contributed by atoms with Gasteiger partial charge in [-0.05, 0) is 39.1 Å². The molecule has 1 unspecified atom stereocenters. The molecular formula is C22H24F3N5O3. The molecule has 176 valence electrons. The van der Waals surface area contributed by atoms with Gasteiger partial charge in [-0.1, -0.05) is 0 Å². The van der Waals surface area contributed by atoms with Gasteiger partial charge in [-0.15, -0.1) is 0 Å². The number of ether oxygens (including phenoxy) is 2. The lowest BCUT2D eigenvalue weighted by Gasteiger charge is -2.37. The predicted molar refractivity (Wildman–Crippen MR) is 115 cm³/mol. The summed E-state index contributed by atoms with van der Waals surface area (Å²) < 4.78 is 54.8. The number of nitrogens with one attached hydrogen (secondary N) is 1. The number of aromatic nitrogens is 3. The van der Waals surface area contributed by atoms with E-state index in [-0.39, 0.29) is 48.1 Å². The van der Waals surface area contributed by atoms with Gasteiger partial charge < -0.3 is 19.7 Å². The summed E-state index contributed by atoms with van der Waals surface area (Å²) in [4.78, 5) is 17.1. The van der Waals surface area contributed by atoms with Crippen molar-refractivity contribution in [3.05, 3.63) is 47.5 Å². The van der Waals surface area contributed by atoms with Gasteiger partial charge in [0.1, 0.15) is 30.8 Å². The van der Waals surface area contributed by atoms with Crippen molar-refractivity contribution in [3.8, 4) is 11.5 Å². The molecule has 8 nitrogen and oxygen atoms in total. The summed E-state index contributed by atoms with van der Waals surface area (Å²) in [5, 5.41) is 7.15. The lowest BCUT2D eigenvalue weighted by molar-refractivity contribution is 0.0766. The summed E-state index contributed by atoms with van der Waals surface area (Å²) in [6.45, 7) is 3.75. The number of hydrogen-bond donors (Lipinski definition) is 1. The minimum Gasteiger partial charge on any atom is -0.491 e. The Labute approximate surface area is 188 Å². The molecule has 0 aliphatic carbocycles. The van der Waals surface area contributed by atoms with Crippen molar-refractivity contribution < 1.29 is 27.4 Å². The number of aldehydes is 1. The van der Waals surface area contributed by atoms with Crippen molar-refractivity contribution in [1.82, 2.24) is 19.9 Å². The summed E-state index contributed by atoms with van der Waals surface area (Å²) in [6, 6.07) is 2.66. The highest BCUT2D eigenvalue weighted by molar-refractivity contribution is 5.84. The Morgan fingerprint density at radius 2 is 2.18 bits per heavy atom. The third-order valence-electron chi connectivity index (χ3n) is 5.60. The third-order valence-corrected chi connectivity index (χ3v) is 5.60. The highest BCUT2D eigenvalue weighted by atomic mass is 19.3. The van der Waals surface area contributed by atoms with Gasteiger partial charge in [0.2, 0.25) is 0 Å². The quantitative estimate of drug-likeness (QED) is 0.514. The fraction of sp³-hybridized carbons (Fsp3) is 0.409. The second-order valence-electron chi connectivity index (χ2n) is 8.43. The number of likely N-dealkylation sites (N-methyl/N-ethyl adjacent to an activating group) is 1. The van der Waals surface area contributed by atoms with Crippen molar-refractivity contribution in [1.29, 1.82) is 0 Å². The molecule has 1 atom stereocenters. The lowest BCUT2D eigenvalue weighted by atomic mass is 10.1. The van der Waals surface area contributed by atoms with Crippen LogP contribution in [-0.2, 0) is 6.54 Å². The SMILES string of the molecule is CNC(C)(C)COc1ccc(F)cc1CN1c2nc3c(C=O)cnn3cc2OCC1C(F)F. The molecule has 1 aliphatic heterocycles. The van der Waals surface area contributed by atoms with E-state index < -0.39 is 18.3 Å². The number of hydrogen-bond acceptors (Lipinski definition) is 7. The van der Waals surface area contributed by atoms with Crippen LogP contribution in [0, 0.1) is 5.82 Å². The van der Waals surface area contributed by atoms with E-state index in [9.17, 15) is 18.0 Å². The van der Waals surface area contributed by atoms with E-state index >= 15 is 0 Å². The molecule has 0 saturated heterocycles. The van der Waals surface area contributed by atoms with Crippen molar-refractivity contribution in [2.45, 2.75) is 38.4 Å². The second-order valence-corrected chi connectivity index (χ2v) is 8.43. The van der Waals surface area contributed by atoms with Gasteiger partial charge >= 0.3 is 0 Å². The van der Waals surface area contributed by atoms with E-state index in [0.717, 1.165) is 0 Å². The van der Waals surface area contributed by atoms with Crippen LogP contribution in [0.2, 0.25) is 0 Å². The summed E-state index contributed by atoms with van der Waals surface area (Å²) in [7, 11) is 1.79. The van der Waals surface area contributed by atoms with Gasteiger partial charge in [0.05, 0.1) is 18.0 Å². The molecule has 0 fully saturated rings. The Morgan fingerprint density at radius 3 is 2.88 bits per heavy atom. The van der Waals surface area contributed by atoms with Gasteiger partial charge in [-0.2, -0.15) is 5.10 Å². The monoisotopic (exact) mass is 463 g/mol. The lowest BCUT2D eigenvalue weighted by Crippen LogP contribution is -2.48. The summed E-state index contributed by atoms with van der Waals surface area (Å²) in [5.74, 6) is 0.207. The largest absolute Gasteiger partial charge is 0.491 e. The maximum absolute atomic E-state index is 14.1. The number of carbonyl (C=O) groups excluding carboxylic acids is 1. The Bertz CT molecular complexity index is 1170. The molecule has 11 heteroatoms. The van der Waals surface area contributed by atoms with E-state index in [0.29, 0.717) is 17.6 Å². The Morgan fingerprint density at radius 1 is 1.39 bits per heavy atom. The number of fused-ring (bicyclic) bond motifs is 2. The molecule has 0 saturated carbocycles. The van der Waals surface area contributed by atoms with E-state index in [1.165, 1.54) is 40.0 Å². The maximum Gasteiger partial charge on any atom is 0.261 e. The molecule has 1 N–H and O–H groups in total. The van der Waals surface area contributed by atoms with Crippen molar-refractivity contribution >= 4 is 17.8 Å². The Kier molecular flexibility index (Phi) is 6.15. The fourth-order valence-electron chi connectivity index (χ4n) is 3.44. The third kappa shape index (κ3) is 4.58. The number of carbonyl (C=O) groups is 1. The van der Waals surface area contributed by atoms with E-state index in [2.05, 4.69) is 15.4 Å². The average molecular weight is 463 g/mol. The standard InChI is InChI=1S/C22H24F3N5O3/c1-22(2,26-3)12-33-17-5-4-15(23)6-13(17)8-29-16(19(24)25)11-32-18-9-30-20(28-21(18)29)14(10-31)7-27-30/h4-7,9-10,16,19,26H,8,11-12H2,1-3H3. The number of benzene rings is 1. The van der Waals surface area contributed by atoms with Crippen molar-refractivity contribution in [2.24, 2.45) is 0 Å². The molecule has 1 aliphatic rings. The van der Waals surface area contributed by atoms with Crippen LogP contribution in [0.1, 0.15) is 29.8 Å². The number of halogens is 3. The molecule has 4 rings (SSSR count). The molecule has 3 heterocycles. The first-order chi connectivity index (χ1) is 15.7. The van der Waals surface area contributed by atoms with Crippen LogP contribution in [0.15, 0.2) is 30.6 Å². The van der Waals surface area contributed by atoms with E-state index in [4.69, 9.17) is 9.47 Å². The van der Waals surface area contributed by atoms with Crippen molar-refractivity contribution in [2.75, 3.05) is 25.2 Å². The van der Waals surface area contributed by atoms with Crippen LogP contribution in [0.4, 0.5) is 19.0 Å². The first kappa shape index (κ1) is 22.8. The second kappa shape index (κ2) is 8.89. The molecule has 1 aromatic carbocycles. The number of anilines is 1. The molecular weight excluding hydrogens is 439 g/mol. The summed E-state index contributed by atoms with van der Waals surface area (Å²) in [5.41, 5.74) is 0.439. The molecule has 0 spiro atoms.